The van der Waals surface area contributed by atoms with Crippen LogP contribution in [0.3, 0.4) is 0 Å². The molecule has 4 fully saturated rings. The molecule has 0 aliphatic carbocycles. The van der Waals surface area contributed by atoms with E-state index in [2.05, 4.69) is 205 Å². The maximum absolute atomic E-state index is 12.6. The number of carbonyl (C=O) groups excluding carboxylic acids is 4. The molecule has 0 radical (unpaired) electrons. The van der Waals surface area contributed by atoms with Crippen LogP contribution in [-0.4, -0.2) is 224 Å². The van der Waals surface area contributed by atoms with Crippen LogP contribution in [0, 0.1) is 30.1 Å². The van der Waals surface area contributed by atoms with E-state index in [1.54, 1.807) is 42.4 Å². The molecule has 11 rings (SSSR count). The van der Waals surface area contributed by atoms with Crippen molar-refractivity contribution >= 4 is 56.8 Å². The smallest absolute Gasteiger partial charge is 0.239 e. The van der Waals surface area contributed by atoms with E-state index in [1.165, 1.54) is 28.2 Å². The topological polar surface area (TPSA) is 515 Å². The summed E-state index contributed by atoms with van der Waals surface area (Å²) in [6.07, 6.45) is 14.2. The van der Waals surface area contributed by atoms with E-state index in [9.17, 15) is 19.2 Å². The van der Waals surface area contributed by atoms with Gasteiger partial charge in [-0.15, -0.1) is 11.2 Å². The first-order valence-electron chi connectivity index (χ1n) is 37.0. The number of hydrogen-bond donors (Lipinski definition) is 10. The number of aliphatic hydroxyl groups excluding tert-OH is 4. The van der Waals surface area contributed by atoms with Crippen LogP contribution in [0.5, 0.6) is 11.5 Å². The van der Waals surface area contributed by atoms with Crippen LogP contribution in [0.2, 0.25) is 74.0 Å². The van der Waals surface area contributed by atoms with Gasteiger partial charge in [-0.3, -0.25) is 19.2 Å². The molecule has 39 nitrogen and oxygen atoms in total. The normalized spacial score (nSPS) is 19.1. The standard InChI is InChI=1S/C23H36N4O4Si.C14H26N4O2Si.C9H19N3OSi.C8H12N4O2.C7H11N5O2.C3H5N3O.C3H9N3Si.C3H4O/c1-16-20(14-27-24-12-18(25-27)15-31-32(7,8)23(2,3)4)26(22(16)28)13-17-9-10-19(29-5)11-21(17)30-6;1-10-12(16-13(10)19)8-18-15-7-11(17-18)9-20-21(5,6)14(2,3)4;1-9(2,3)14(4,5)13-7-8-6-10-12-11-8;1-5-7(10-8(5)14)3-12-9-2-6(4-13)11-12;8-6-5(10-7(6)14)2-12-9-1-4(3-13)11-12;7-2-3-1-4-6-5-3;1-7(2,3)6-5-4;1-2-3-4/h9-12,16,20H,13-15H2,1-8H3;7,10,12H,8-9H2,1-6H3,(H,16,19);6H,7H2,1-5H3,(H,10,11,12);2,5,7,13H,3-4H2,1H3,(H,10,14);1,5-6,13H,2-3,8H2,(H,10,14);1,7H,2H2,(H,4,5,6);1-3H3;1,4H,3H2/t16-,20+;10-,12+;;5-,7+;5-,6+;;;/m00.01.../s1. The molecule has 7 aromatic rings. The SMILES string of the molecule is C#CCO.CC(C)(C)[Si](C)(C)OCc1cn[nH]n1.COc1ccc(CN2C(=O)[C@@H](C)[C@H]2Cn2ncc(CO[Si](C)(C)C(C)(C)C)n2)c(OC)c1.C[C@@H]1C(=O)N[C@@H]1Cn1ncc(CO)n1.C[C@@H]1C(=O)N[C@@H]1Cn1ncc(CO[Si](C)(C)C(C)(C)C)n1.C[Si](C)(C)N=[N+]=[N-].N[C@@H]1C(=O)N[C@@H]1Cn1ncc(CO)n1.OCc1cn[nH]n1. The van der Waals surface area contributed by atoms with Crippen LogP contribution in [0.1, 0.15) is 123 Å². The molecule has 11 N–H and O–H groups in total. The fourth-order valence-corrected chi connectivity index (χ4v) is 12.4. The van der Waals surface area contributed by atoms with Gasteiger partial charge in [0, 0.05) is 18.2 Å². The molecule has 1 aromatic carbocycles. The molecule has 0 unspecified atom stereocenters. The molecule has 10 heterocycles. The second-order valence-corrected chi connectivity index (χ2v) is 51.7. The van der Waals surface area contributed by atoms with Gasteiger partial charge in [0.05, 0.1) is 159 Å². The first-order chi connectivity index (χ1) is 52.7. The van der Waals surface area contributed by atoms with E-state index >= 15 is 0 Å². The molecule has 4 aliphatic heterocycles. The van der Waals surface area contributed by atoms with E-state index in [4.69, 9.17) is 54.4 Å². The van der Waals surface area contributed by atoms with E-state index in [0.717, 1.165) is 28.4 Å². The zero-order valence-corrected chi connectivity index (χ0v) is 73.9. The predicted octanol–water partition coefficient (Wildman–Crippen LogP) is 5.67. The van der Waals surface area contributed by atoms with Gasteiger partial charge in [-0.1, -0.05) is 109 Å². The average Bonchev–Trinajstić information content (AvgIpc) is 0.806. The maximum Gasteiger partial charge on any atom is 0.239 e. The Kier molecular flexibility index (Phi) is 37.0. The monoisotopic (exact) mass is 1650 g/mol. The number of hydrogen-bond acceptors (Lipinski definition) is 27. The van der Waals surface area contributed by atoms with Crippen molar-refractivity contribution in [2.45, 2.75) is 260 Å². The average molecular weight is 1650 g/mol. The number of aromatic amines is 2. The lowest BCUT2D eigenvalue weighted by Gasteiger charge is -2.45. The molecule has 8 atom stereocenters. The lowest BCUT2D eigenvalue weighted by Crippen LogP contribution is -2.68. The number of rotatable bonds is 25. The Hall–Kier alpha value is -9.04. The van der Waals surface area contributed by atoms with Gasteiger partial charge in [-0.2, -0.15) is 90.8 Å². The Bertz CT molecular complexity index is 4070. The van der Waals surface area contributed by atoms with Crippen LogP contribution in [0.25, 0.3) is 10.4 Å². The highest BCUT2D eigenvalue weighted by Gasteiger charge is 2.46. The number of amides is 4. The number of methoxy groups -OCH3 is 2. The first kappa shape index (κ1) is 96.3. The number of benzene rings is 1. The number of aromatic nitrogens is 18. The van der Waals surface area contributed by atoms with Crippen LogP contribution < -0.4 is 31.2 Å². The number of azide groups is 1. The van der Waals surface area contributed by atoms with Gasteiger partial charge in [0.15, 0.2) is 25.0 Å². The zero-order valence-electron chi connectivity index (χ0n) is 69.9. The highest BCUT2D eigenvalue weighted by Crippen LogP contribution is 2.40. The molecule has 4 amide bonds. The van der Waals surface area contributed by atoms with Crippen molar-refractivity contribution in [3.8, 4) is 23.8 Å². The maximum atomic E-state index is 12.6. The lowest BCUT2D eigenvalue weighted by atomic mass is 9.88. The van der Waals surface area contributed by atoms with E-state index in [-0.39, 0.29) is 107 Å². The van der Waals surface area contributed by atoms with Gasteiger partial charge >= 0.3 is 0 Å². The van der Waals surface area contributed by atoms with Gasteiger partial charge in [-0.25, -0.2) is 0 Å². The van der Waals surface area contributed by atoms with Gasteiger partial charge in [0.1, 0.15) is 66.5 Å². The van der Waals surface area contributed by atoms with Crippen molar-refractivity contribution in [2.24, 2.45) is 28.3 Å². The summed E-state index contributed by atoms with van der Waals surface area (Å²) < 4.78 is 32.7. The Morgan fingerprint density at radius 2 is 0.929 bits per heavy atom. The van der Waals surface area contributed by atoms with Gasteiger partial charge < -0.3 is 69.8 Å². The van der Waals surface area contributed by atoms with Crippen molar-refractivity contribution in [1.82, 2.24) is 112 Å². The molecule has 113 heavy (non-hydrogen) atoms. The summed E-state index contributed by atoms with van der Waals surface area (Å²) in [7, 11) is -3.46. The number of nitrogens with two attached hydrogens (primary N) is 1. The summed E-state index contributed by atoms with van der Waals surface area (Å²) in [5.41, 5.74) is 18.5. The predicted molar refractivity (Wildman–Crippen MR) is 430 cm³/mol. The number of ether oxygens (including phenoxy) is 2. The number of likely N-dealkylation sites (tertiary alicyclic amines) is 1. The molecule has 0 spiro atoms. The molecule has 626 valence electrons. The largest absolute Gasteiger partial charge is 0.497 e. The van der Waals surface area contributed by atoms with Crippen LogP contribution in [0.15, 0.2) is 60.2 Å². The summed E-state index contributed by atoms with van der Waals surface area (Å²) in [5, 5.41) is 95.5. The third-order valence-electron chi connectivity index (χ3n) is 20.0. The minimum atomic E-state index is -1.85. The molecule has 4 saturated heterocycles. The second kappa shape index (κ2) is 43.4. The highest BCUT2D eigenvalue weighted by atomic mass is 28.4. The van der Waals surface area contributed by atoms with E-state index < -0.39 is 39.2 Å². The third kappa shape index (κ3) is 30.3. The van der Waals surface area contributed by atoms with Gasteiger partial charge in [-0.05, 0) is 77.0 Å². The van der Waals surface area contributed by atoms with Crippen molar-refractivity contribution in [3.63, 3.8) is 0 Å². The Morgan fingerprint density at radius 1 is 0.549 bits per heavy atom. The molecule has 0 saturated carbocycles. The number of terminal acetylenes is 1. The number of carbonyl (C=O) groups is 4. The number of nitrogens with one attached hydrogen (secondary N) is 5. The van der Waals surface area contributed by atoms with Gasteiger partial charge in [0.25, 0.3) is 0 Å². The number of nitrogens with zero attached hydrogens (tertiary/aromatic N) is 20. The van der Waals surface area contributed by atoms with Crippen LogP contribution in [0.4, 0.5) is 0 Å². The molecule has 6 aromatic heterocycles. The fraction of sp³-hybridized carbons (Fsp3) is 0.657. The molecule has 43 heteroatoms. The summed E-state index contributed by atoms with van der Waals surface area (Å²) in [6, 6.07) is 5.34. The molecule has 0 bridgehead atoms. The Morgan fingerprint density at radius 3 is 1.23 bits per heavy atom. The summed E-state index contributed by atoms with van der Waals surface area (Å²) in [4.78, 5) is 56.2. The first-order valence-corrected chi connectivity index (χ1v) is 49.2. The van der Waals surface area contributed by atoms with E-state index in [1.807, 2.05) is 69.4 Å². The summed E-state index contributed by atoms with van der Waals surface area (Å²) >= 11 is 0. The lowest BCUT2D eigenvalue weighted by molar-refractivity contribution is -0.157. The Labute approximate surface area is 665 Å². The minimum Gasteiger partial charge on any atom is -0.497 e. The van der Waals surface area contributed by atoms with Crippen molar-refractivity contribution in [3.05, 3.63) is 106 Å². The van der Waals surface area contributed by atoms with Crippen LogP contribution in [-0.2, 0) is 105 Å². The van der Waals surface area contributed by atoms with Crippen molar-refractivity contribution in [1.29, 1.82) is 0 Å². The summed E-state index contributed by atoms with van der Waals surface area (Å²) in [6.45, 7) is 48.8. The molecule has 4 aliphatic rings. The zero-order chi connectivity index (χ0) is 85.0. The quantitative estimate of drug-likeness (QED) is 0.00823. The number of H-pyrrole nitrogens is 2. The Balaban J connectivity index is 0.000000291. The van der Waals surface area contributed by atoms with Gasteiger partial charge in [0.2, 0.25) is 23.6 Å². The summed E-state index contributed by atoms with van der Waals surface area (Å²) in [5.74, 6) is 3.57. The van der Waals surface area contributed by atoms with Crippen molar-refractivity contribution < 1.29 is 62.4 Å². The molecular formula is C70H122N26O13Si4. The number of aliphatic hydroxyl groups is 4. The second-order valence-electron chi connectivity index (χ2n) is 32.8. The van der Waals surface area contributed by atoms with Crippen LogP contribution >= 0.6 is 0 Å². The third-order valence-corrected chi connectivity index (χ3v) is 34.1. The van der Waals surface area contributed by atoms with Crippen molar-refractivity contribution in [2.75, 3.05) is 20.8 Å². The van der Waals surface area contributed by atoms with E-state index in [0.29, 0.717) is 75.4 Å². The fourth-order valence-electron chi connectivity index (χ4n) is 9.27. The minimum absolute atomic E-state index is 0.0240. The number of β-lactam (4-membered cyclic amide) rings is 4. The highest BCUT2D eigenvalue weighted by molar-refractivity contribution is 6.75. The molecular weight excluding hydrogens is 1530 g/mol.